The van der Waals surface area contributed by atoms with Crippen LogP contribution in [0.1, 0.15) is 49.0 Å². The van der Waals surface area contributed by atoms with Crippen molar-refractivity contribution in [3.8, 4) is 0 Å². The van der Waals surface area contributed by atoms with Crippen LogP contribution in [-0.2, 0) is 6.67 Å². The first-order valence-corrected chi connectivity index (χ1v) is 12.3. The lowest BCUT2D eigenvalue weighted by Gasteiger charge is -2.35. The van der Waals surface area contributed by atoms with E-state index in [-0.39, 0.29) is 0 Å². The molecule has 0 radical (unpaired) electrons. The summed E-state index contributed by atoms with van der Waals surface area (Å²) in [4.78, 5) is 5.33. The second kappa shape index (κ2) is 9.77. The number of rotatable bonds is 5. The van der Waals surface area contributed by atoms with Crippen molar-refractivity contribution < 1.29 is 4.42 Å². The van der Waals surface area contributed by atoms with Gasteiger partial charge >= 0.3 is 0 Å². The molecule has 168 valence electrons. The van der Waals surface area contributed by atoms with Gasteiger partial charge in [-0.1, -0.05) is 41.9 Å². The van der Waals surface area contributed by atoms with Crippen LogP contribution in [0.25, 0.3) is 0 Å². The molecule has 32 heavy (non-hydrogen) atoms. The zero-order valence-corrected chi connectivity index (χ0v) is 19.8. The molecule has 1 aliphatic carbocycles. The van der Waals surface area contributed by atoms with Crippen molar-refractivity contribution in [2.75, 3.05) is 31.1 Å². The van der Waals surface area contributed by atoms with E-state index in [2.05, 4.69) is 52.3 Å². The topological polar surface area (TPSA) is 37.4 Å². The lowest BCUT2D eigenvalue weighted by Crippen LogP contribution is -2.46. The van der Waals surface area contributed by atoms with Gasteiger partial charge in [0.1, 0.15) is 0 Å². The van der Waals surface area contributed by atoms with Gasteiger partial charge in [0.2, 0.25) is 5.89 Å². The largest absolute Gasteiger partial charge is 0.414 e. The molecule has 3 aromatic rings. The number of nitrogens with zero attached hydrogens (tertiary/aromatic N) is 4. The summed E-state index contributed by atoms with van der Waals surface area (Å²) in [6.45, 7) is 4.70. The first-order valence-electron chi connectivity index (χ1n) is 11.5. The second-order valence-corrected chi connectivity index (χ2v) is 9.67. The summed E-state index contributed by atoms with van der Waals surface area (Å²) in [5, 5.41) is 5.58. The van der Waals surface area contributed by atoms with Crippen LogP contribution in [-0.4, -0.2) is 40.9 Å². The van der Waals surface area contributed by atoms with Gasteiger partial charge in [-0.15, -0.1) is 5.10 Å². The van der Waals surface area contributed by atoms with Gasteiger partial charge in [0.05, 0.1) is 6.67 Å². The summed E-state index contributed by atoms with van der Waals surface area (Å²) in [6.07, 6.45) is 4.45. The maximum atomic E-state index is 6.04. The van der Waals surface area contributed by atoms with Gasteiger partial charge in [0.15, 0.2) is 0 Å². The number of hydrogen-bond donors (Lipinski definition) is 0. The van der Waals surface area contributed by atoms with Crippen molar-refractivity contribution >= 4 is 29.5 Å². The van der Waals surface area contributed by atoms with Crippen LogP contribution in [0.2, 0.25) is 5.02 Å². The van der Waals surface area contributed by atoms with Gasteiger partial charge in [-0.25, -0.2) is 4.68 Å². The fraction of sp³-hybridized carbons (Fsp3) is 0.440. The highest BCUT2D eigenvalue weighted by atomic mass is 35.5. The van der Waals surface area contributed by atoms with Gasteiger partial charge in [0, 0.05) is 42.8 Å². The van der Waals surface area contributed by atoms with E-state index in [0.717, 1.165) is 62.8 Å². The van der Waals surface area contributed by atoms with Gasteiger partial charge < -0.3 is 9.32 Å². The van der Waals surface area contributed by atoms with Crippen molar-refractivity contribution in [3.63, 3.8) is 0 Å². The van der Waals surface area contributed by atoms with E-state index in [0.29, 0.717) is 23.3 Å². The van der Waals surface area contributed by atoms with Gasteiger partial charge in [-0.3, -0.25) is 4.90 Å². The van der Waals surface area contributed by atoms with E-state index >= 15 is 0 Å². The number of para-hydroxylation sites is 1. The van der Waals surface area contributed by atoms with Crippen molar-refractivity contribution in [3.05, 3.63) is 75.9 Å². The molecule has 1 saturated carbocycles. The van der Waals surface area contributed by atoms with E-state index in [4.69, 9.17) is 33.3 Å². The number of benzene rings is 2. The van der Waals surface area contributed by atoms with Crippen LogP contribution in [0.5, 0.6) is 0 Å². The highest BCUT2D eigenvalue weighted by Crippen LogP contribution is 2.40. The van der Waals surface area contributed by atoms with Crippen LogP contribution >= 0.6 is 23.8 Å². The van der Waals surface area contributed by atoms with E-state index in [1.165, 1.54) is 11.3 Å². The number of piperazine rings is 1. The average Bonchev–Trinajstić information content (AvgIpc) is 3.21. The maximum absolute atomic E-state index is 6.04. The third-order valence-corrected chi connectivity index (χ3v) is 7.41. The molecule has 1 aliphatic heterocycles. The smallest absolute Gasteiger partial charge is 0.288 e. The van der Waals surface area contributed by atoms with Crippen molar-refractivity contribution in [1.29, 1.82) is 0 Å². The molecule has 5 rings (SSSR count). The summed E-state index contributed by atoms with van der Waals surface area (Å²) in [5.41, 5.74) is 2.68. The normalized spacial score (nSPS) is 22.2. The van der Waals surface area contributed by atoms with E-state index in [1.54, 1.807) is 0 Å². The lowest BCUT2D eigenvalue weighted by molar-refractivity contribution is 0.192. The minimum Gasteiger partial charge on any atom is -0.414 e. The summed E-state index contributed by atoms with van der Waals surface area (Å²) >= 11 is 11.5. The Bertz CT molecular complexity index is 1070. The molecular weight excluding hydrogens is 440 g/mol. The minimum absolute atomic E-state index is 0.358. The molecule has 2 fully saturated rings. The fourth-order valence-corrected chi connectivity index (χ4v) is 5.27. The molecule has 0 amide bonds. The Kier molecular flexibility index (Phi) is 6.62. The molecule has 0 unspecified atom stereocenters. The molecule has 0 N–H and O–H groups in total. The molecule has 5 nitrogen and oxygen atoms in total. The van der Waals surface area contributed by atoms with Crippen LogP contribution in [0, 0.1) is 4.84 Å². The quantitative estimate of drug-likeness (QED) is 0.424. The summed E-state index contributed by atoms with van der Waals surface area (Å²) in [7, 11) is 0. The zero-order chi connectivity index (χ0) is 21.9. The molecule has 1 aromatic heterocycles. The molecule has 0 atom stereocenters. The Morgan fingerprint density at radius 2 is 1.53 bits per heavy atom. The SMILES string of the molecule is S=c1oc(C2CCC(c3ccc(Cl)cc3)CC2)nn1CN1CCN(c2ccccc2)CC1. The van der Waals surface area contributed by atoms with Crippen molar-refractivity contribution in [2.24, 2.45) is 0 Å². The van der Waals surface area contributed by atoms with Gasteiger partial charge in [-0.05, 0) is 73.6 Å². The predicted octanol–water partition coefficient (Wildman–Crippen LogP) is 6.08. The Hall–Kier alpha value is -2.15. The van der Waals surface area contributed by atoms with E-state index < -0.39 is 0 Å². The Balaban J connectivity index is 1.15. The van der Waals surface area contributed by atoms with E-state index in [1.807, 2.05) is 16.8 Å². The number of hydrogen-bond acceptors (Lipinski definition) is 5. The summed E-state index contributed by atoms with van der Waals surface area (Å²) < 4.78 is 7.82. The molecule has 0 spiro atoms. The van der Waals surface area contributed by atoms with Crippen molar-refractivity contribution in [1.82, 2.24) is 14.7 Å². The van der Waals surface area contributed by atoms with Gasteiger partial charge in [-0.2, -0.15) is 0 Å². The first-order chi connectivity index (χ1) is 15.7. The van der Waals surface area contributed by atoms with Crippen LogP contribution in [0.3, 0.4) is 0 Å². The van der Waals surface area contributed by atoms with Crippen LogP contribution < -0.4 is 4.90 Å². The minimum atomic E-state index is 0.358. The first kappa shape index (κ1) is 21.7. The second-order valence-electron chi connectivity index (χ2n) is 8.89. The number of aromatic nitrogens is 2. The third kappa shape index (κ3) is 4.92. The average molecular weight is 469 g/mol. The Morgan fingerprint density at radius 1 is 0.875 bits per heavy atom. The molecule has 1 saturated heterocycles. The van der Waals surface area contributed by atoms with Crippen LogP contribution in [0.4, 0.5) is 5.69 Å². The summed E-state index contributed by atoms with van der Waals surface area (Å²) in [5.74, 6) is 1.76. The molecule has 7 heteroatoms. The molecule has 2 aromatic carbocycles. The molecule has 2 heterocycles. The predicted molar refractivity (Wildman–Crippen MR) is 131 cm³/mol. The number of halogens is 1. The fourth-order valence-electron chi connectivity index (χ4n) is 4.96. The maximum Gasteiger partial charge on any atom is 0.288 e. The monoisotopic (exact) mass is 468 g/mol. The number of anilines is 1. The molecular formula is C25H29ClN4OS. The molecule has 2 aliphatic rings. The zero-order valence-electron chi connectivity index (χ0n) is 18.2. The standard InChI is InChI=1S/C25H29ClN4OS/c26-22-12-10-20(11-13-22)19-6-8-21(9-7-19)24-27-30(25(32)31-24)18-28-14-16-29(17-15-28)23-4-2-1-3-5-23/h1-5,10-13,19,21H,6-9,14-18H2. The van der Waals surface area contributed by atoms with Crippen molar-refractivity contribution in [2.45, 2.75) is 44.2 Å². The third-order valence-electron chi connectivity index (χ3n) is 6.87. The lowest BCUT2D eigenvalue weighted by atomic mass is 9.79. The Labute approximate surface area is 199 Å². The Morgan fingerprint density at radius 3 is 2.22 bits per heavy atom. The highest BCUT2D eigenvalue weighted by Gasteiger charge is 2.27. The molecule has 0 bridgehead atoms. The van der Waals surface area contributed by atoms with Gasteiger partial charge in [0.25, 0.3) is 4.84 Å². The van der Waals surface area contributed by atoms with Crippen LogP contribution in [0.15, 0.2) is 59.0 Å². The van der Waals surface area contributed by atoms with E-state index in [9.17, 15) is 0 Å². The summed E-state index contributed by atoms with van der Waals surface area (Å²) in [6, 6.07) is 18.9. The highest BCUT2D eigenvalue weighted by molar-refractivity contribution is 7.71.